The van der Waals surface area contributed by atoms with Crippen LogP contribution < -0.4 is 15.6 Å². The van der Waals surface area contributed by atoms with Crippen LogP contribution in [0.2, 0.25) is 0 Å². The van der Waals surface area contributed by atoms with Gasteiger partial charge in [0.2, 0.25) is 15.6 Å². The quantitative estimate of drug-likeness (QED) is 0.336. The number of nitrogens with one attached hydrogen (secondary N) is 2. The van der Waals surface area contributed by atoms with Crippen molar-refractivity contribution >= 4 is 16.1 Å². The molecule has 0 spiro atoms. The summed E-state index contributed by atoms with van der Waals surface area (Å²) in [5.74, 6) is -0.127. The highest BCUT2D eigenvalue weighted by Gasteiger charge is 2.44. The maximum atomic E-state index is 13.7. The van der Waals surface area contributed by atoms with Gasteiger partial charge in [0.25, 0.3) is 0 Å². The van der Waals surface area contributed by atoms with Crippen LogP contribution in [0.25, 0.3) is 0 Å². The average molecular weight is 594 g/mol. The van der Waals surface area contributed by atoms with Gasteiger partial charge in [0.1, 0.15) is 18.0 Å². The van der Waals surface area contributed by atoms with Crippen LogP contribution in [0.4, 0.5) is 4.79 Å². The maximum absolute atomic E-state index is 13.7. The monoisotopic (exact) mass is 593 g/mol. The predicted octanol–water partition coefficient (Wildman–Crippen LogP) is 2.26. The summed E-state index contributed by atoms with van der Waals surface area (Å²) in [7, 11) is -2.43. The van der Waals surface area contributed by atoms with Crippen molar-refractivity contribution in [1.29, 1.82) is 0 Å². The summed E-state index contributed by atoms with van der Waals surface area (Å²) < 4.78 is 50.7. The van der Waals surface area contributed by atoms with E-state index < -0.39 is 46.6 Å². The number of aliphatic hydroxyl groups is 1. The van der Waals surface area contributed by atoms with Gasteiger partial charge < -0.3 is 34.4 Å². The minimum Gasteiger partial charge on any atom is -0.497 e. The van der Waals surface area contributed by atoms with Gasteiger partial charge in [-0.15, -0.1) is 0 Å². The third-order valence-corrected chi connectivity index (χ3v) is 9.23. The molecule has 41 heavy (non-hydrogen) atoms. The van der Waals surface area contributed by atoms with E-state index in [1.165, 1.54) is 41.9 Å². The molecule has 3 N–H and O–H groups in total. The van der Waals surface area contributed by atoms with Crippen LogP contribution in [-0.4, -0.2) is 80.8 Å². The minimum absolute atomic E-state index is 0.000312. The molecule has 3 heterocycles. The number of sulfonamides is 1. The van der Waals surface area contributed by atoms with Gasteiger partial charge in [0.05, 0.1) is 37.2 Å². The molecular formula is C28H39N3O9S. The lowest BCUT2D eigenvalue weighted by atomic mass is 9.92. The zero-order valence-corrected chi connectivity index (χ0v) is 24.5. The highest BCUT2D eigenvalue weighted by atomic mass is 32.2. The lowest BCUT2D eigenvalue weighted by Gasteiger charge is -2.34. The number of aromatic amines is 1. The van der Waals surface area contributed by atoms with E-state index in [9.17, 15) is 23.1 Å². The average Bonchev–Trinajstić information content (AvgIpc) is 3.56. The van der Waals surface area contributed by atoms with Gasteiger partial charge >= 0.3 is 6.09 Å². The summed E-state index contributed by atoms with van der Waals surface area (Å²) in [5, 5.41) is 14.1. The second kappa shape index (κ2) is 13.3. The number of hydrogen-bond donors (Lipinski definition) is 3. The molecule has 2 saturated heterocycles. The number of ether oxygens (including phenoxy) is 4. The molecule has 1 aromatic heterocycles. The highest BCUT2D eigenvalue weighted by Crippen LogP contribution is 2.33. The first-order valence-corrected chi connectivity index (χ1v) is 15.1. The molecule has 0 bridgehead atoms. The first-order chi connectivity index (χ1) is 19.5. The fourth-order valence-corrected chi connectivity index (χ4v) is 6.91. The van der Waals surface area contributed by atoms with Gasteiger partial charge in [0, 0.05) is 25.4 Å². The van der Waals surface area contributed by atoms with Crippen LogP contribution in [0.15, 0.2) is 52.3 Å². The number of carbonyl (C=O) groups is 1. The second-order valence-electron chi connectivity index (χ2n) is 10.9. The largest absolute Gasteiger partial charge is 0.497 e. The molecule has 1 unspecified atom stereocenters. The Bertz CT molecular complexity index is 1310. The number of nitrogens with zero attached hydrogens (tertiary/aromatic N) is 1. The Morgan fingerprint density at radius 2 is 1.88 bits per heavy atom. The van der Waals surface area contributed by atoms with E-state index in [4.69, 9.17) is 18.9 Å². The summed E-state index contributed by atoms with van der Waals surface area (Å²) in [6.07, 6.45) is -0.874. The zero-order valence-electron chi connectivity index (χ0n) is 23.7. The number of fused-ring (bicyclic) bond motifs is 1. The molecular weight excluding hydrogens is 554 g/mol. The second-order valence-corrected chi connectivity index (χ2v) is 12.9. The minimum atomic E-state index is -3.93. The molecule has 13 heteroatoms. The predicted molar refractivity (Wildman–Crippen MR) is 149 cm³/mol. The number of carbonyl (C=O) groups excluding carboxylic acids is 1. The summed E-state index contributed by atoms with van der Waals surface area (Å²) in [4.78, 5) is 27.3. The Morgan fingerprint density at radius 3 is 2.51 bits per heavy atom. The van der Waals surface area contributed by atoms with Crippen molar-refractivity contribution in [3.05, 3.63) is 58.5 Å². The number of hydrogen-bond acceptors (Lipinski definition) is 9. The summed E-state index contributed by atoms with van der Waals surface area (Å²) >= 11 is 0. The molecule has 12 nitrogen and oxygen atoms in total. The molecule has 2 fully saturated rings. The summed E-state index contributed by atoms with van der Waals surface area (Å²) in [6, 6.07) is 7.89. The van der Waals surface area contributed by atoms with Crippen molar-refractivity contribution in [3.63, 3.8) is 0 Å². The summed E-state index contributed by atoms with van der Waals surface area (Å²) in [6.45, 7) is 6.50. The Balaban J connectivity index is 1.57. The maximum Gasteiger partial charge on any atom is 0.407 e. The molecule has 0 saturated carbocycles. The third-order valence-electron chi connectivity index (χ3n) is 7.39. The number of H-pyrrole nitrogens is 1. The Kier molecular flexibility index (Phi) is 10.1. The number of pyridine rings is 1. The van der Waals surface area contributed by atoms with Crippen molar-refractivity contribution in [2.75, 3.05) is 33.4 Å². The zero-order chi connectivity index (χ0) is 29.7. The standard InChI is InChI=1S/C28H39N3O9S/c1-17(2)14-31(41(35,36)21-8-6-20(37-4)7-9-21)15-18(3)25(26(33)19-5-10-24(32)29-13-19)30-28(34)40-23-16-39-27-22(23)11-12-38-27/h5-10,13,17-18,22-23,25-27,33H,11-12,14-16H2,1-4H3,(H,29,32)(H,30,34)/t18-,22+,23+,25-,26?,27-/m1/s1. The fourth-order valence-electron chi connectivity index (χ4n) is 5.21. The first kappa shape index (κ1) is 31.0. The molecule has 0 radical (unpaired) electrons. The lowest BCUT2D eigenvalue weighted by Crippen LogP contribution is -2.49. The number of amides is 1. The fraction of sp³-hybridized carbons (Fsp3) is 0.571. The van der Waals surface area contributed by atoms with Crippen LogP contribution in [0, 0.1) is 17.8 Å². The normalized spacial score (nSPS) is 22.8. The number of methoxy groups -OCH3 is 1. The number of aromatic nitrogens is 1. The molecule has 2 aromatic rings. The van der Waals surface area contributed by atoms with E-state index in [0.29, 0.717) is 24.3 Å². The smallest absolute Gasteiger partial charge is 0.407 e. The number of alkyl carbamates (subject to hydrolysis) is 1. The van der Waals surface area contributed by atoms with Crippen LogP contribution in [-0.2, 0) is 24.2 Å². The summed E-state index contributed by atoms with van der Waals surface area (Å²) in [5.41, 5.74) is 0.00445. The van der Waals surface area contributed by atoms with E-state index in [2.05, 4.69) is 10.3 Å². The van der Waals surface area contributed by atoms with Crippen LogP contribution in [0.3, 0.4) is 0 Å². The number of benzene rings is 1. The van der Waals surface area contributed by atoms with E-state index in [0.717, 1.165) is 0 Å². The van der Waals surface area contributed by atoms with Gasteiger partial charge in [-0.1, -0.05) is 20.8 Å². The van der Waals surface area contributed by atoms with E-state index in [1.54, 1.807) is 19.1 Å². The van der Waals surface area contributed by atoms with Gasteiger partial charge in [-0.3, -0.25) is 4.79 Å². The SMILES string of the molecule is COc1ccc(S(=O)(=O)N(CC(C)C)C[C@@H](C)[C@@H](NC(=O)O[C@H]2CO[C@H]3OCC[C@H]32)C(O)c2ccc(=O)[nH]c2)cc1. The van der Waals surface area contributed by atoms with E-state index in [1.807, 2.05) is 13.8 Å². The van der Waals surface area contributed by atoms with Crippen LogP contribution in [0.5, 0.6) is 5.75 Å². The topological polar surface area (TPSA) is 156 Å². The van der Waals surface area contributed by atoms with Crippen molar-refractivity contribution < 1.29 is 37.3 Å². The molecule has 6 atom stereocenters. The van der Waals surface area contributed by atoms with Crippen molar-refractivity contribution in [2.24, 2.45) is 17.8 Å². The van der Waals surface area contributed by atoms with Crippen LogP contribution >= 0.6 is 0 Å². The third kappa shape index (κ3) is 7.46. The van der Waals surface area contributed by atoms with Crippen molar-refractivity contribution in [2.45, 2.75) is 56.6 Å². The molecule has 226 valence electrons. The molecule has 1 aromatic carbocycles. The van der Waals surface area contributed by atoms with E-state index in [-0.39, 0.29) is 42.0 Å². The van der Waals surface area contributed by atoms with Gasteiger partial charge in [-0.25, -0.2) is 13.2 Å². The van der Waals surface area contributed by atoms with Gasteiger partial charge in [-0.05, 0) is 54.2 Å². The molecule has 4 rings (SSSR count). The number of rotatable bonds is 12. The number of aliphatic hydroxyl groups excluding tert-OH is 1. The van der Waals surface area contributed by atoms with Crippen molar-refractivity contribution in [1.82, 2.24) is 14.6 Å². The Labute approximate surface area is 240 Å². The first-order valence-electron chi connectivity index (χ1n) is 13.7. The van der Waals surface area contributed by atoms with Crippen molar-refractivity contribution in [3.8, 4) is 5.75 Å². The van der Waals surface area contributed by atoms with Gasteiger partial charge in [0.15, 0.2) is 6.29 Å². The van der Waals surface area contributed by atoms with Gasteiger partial charge in [-0.2, -0.15) is 4.31 Å². The molecule has 2 aliphatic rings. The molecule has 2 aliphatic heterocycles. The lowest BCUT2D eigenvalue weighted by molar-refractivity contribution is -0.0907. The van der Waals surface area contributed by atoms with E-state index >= 15 is 0 Å². The Hall–Kier alpha value is -2.97. The molecule has 0 aliphatic carbocycles. The highest BCUT2D eigenvalue weighted by molar-refractivity contribution is 7.89. The molecule has 1 amide bonds. The Morgan fingerprint density at radius 1 is 1.15 bits per heavy atom. The van der Waals surface area contributed by atoms with Crippen LogP contribution in [0.1, 0.15) is 38.9 Å².